The fraction of sp³-hybridized carbons (Fsp3) is 1.00. The van der Waals surface area contributed by atoms with Crippen molar-refractivity contribution in [1.82, 2.24) is 0 Å². The molecule has 2 saturated carbocycles. The molecule has 0 heterocycles. The van der Waals surface area contributed by atoms with Gasteiger partial charge in [-0.1, -0.05) is 0 Å². The smallest absolute Gasteiger partial charge is 0.270 e. The first kappa shape index (κ1) is 7.55. The molecule has 3 nitrogen and oxygen atoms in total. The molecule has 0 aromatic heterocycles. The molecule has 1 N–H and O–H groups in total. The third-order valence-electron chi connectivity index (χ3n) is 3.22. The minimum absolute atomic E-state index is 0.567. The molecule has 0 saturated heterocycles. The number of rotatable bonds is 1. The van der Waals surface area contributed by atoms with Gasteiger partial charge in [0.25, 0.3) is 10.1 Å². The maximum Gasteiger partial charge on any atom is 0.270 e. The minimum atomic E-state index is -3.77. The van der Waals surface area contributed by atoms with Gasteiger partial charge in [-0.25, -0.2) is 0 Å². The molecular formula is C7H12O3S. The van der Waals surface area contributed by atoms with E-state index in [-0.39, 0.29) is 0 Å². The van der Waals surface area contributed by atoms with E-state index < -0.39 is 14.9 Å². The summed E-state index contributed by atoms with van der Waals surface area (Å²) in [6.07, 6.45) is 4.03. The summed E-state index contributed by atoms with van der Waals surface area (Å²) in [5, 5.41) is 0. The van der Waals surface area contributed by atoms with Crippen LogP contribution < -0.4 is 0 Å². The molecular weight excluding hydrogens is 164 g/mol. The molecule has 0 aromatic rings. The highest BCUT2D eigenvalue weighted by Crippen LogP contribution is 2.51. The fourth-order valence-corrected chi connectivity index (χ4v) is 3.70. The molecule has 0 amide bonds. The summed E-state index contributed by atoms with van der Waals surface area (Å²) in [7, 11) is -3.77. The molecule has 2 rings (SSSR count). The Morgan fingerprint density at radius 1 is 1.27 bits per heavy atom. The Kier molecular flexibility index (Phi) is 1.36. The van der Waals surface area contributed by atoms with Gasteiger partial charge < -0.3 is 0 Å². The molecule has 0 radical (unpaired) electrons. The second-order valence-corrected chi connectivity index (χ2v) is 5.62. The van der Waals surface area contributed by atoms with Crippen molar-refractivity contribution in [2.75, 3.05) is 0 Å². The predicted molar refractivity (Wildman–Crippen MR) is 40.9 cm³/mol. The van der Waals surface area contributed by atoms with E-state index in [4.69, 9.17) is 4.55 Å². The van der Waals surface area contributed by atoms with Gasteiger partial charge >= 0.3 is 0 Å². The molecule has 2 aliphatic rings. The van der Waals surface area contributed by atoms with Crippen LogP contribution in [0.5, 0.6) is 0 Å². The highest BCUT2D eigenvalue weighted by atomic mass is 32.2. The molecule has 0 spiro atoms. The largest absolute Gasteiger partial charge is 0.285 e. The average Bonchev–Trinajstić information content (AvgIpc) is 2.42. The zero-order chi connectivity index (χ0) is 8.11. The lowest BCUT2D eigenvalue weighted by Crippen LogP contribution is -2.33. The molecule has 0 aromatic carbocycles. The maximum absolute atomic E-state index is 11.0. The number of hydrogen-bond donors (Lipinski definition) is 1. The summed E-state index contributed by atoms with van der Waals surface area (Å²) in [5.74, 6) is 0.567. The summed E-state index contributed by atoms with van der Waals surface area (Å²) in [6.45, 7) is 0. The lowest BCUT2D eigenvalue weighted by molar-refractivity contribution is 0.413. The van der Waals surface area contributed by atoms with Crippen LogP contribution in [0.3, 0.4) is 0 Å². The monoisotopic (exact) mass is 176 g/mol. The van der Waals surface area contributed by atoms with Crippen LogP contribution in [0.15, 0.2) is 0 Å². The maximum atomic E-state index is 11.0. The minimum Gasteiger partial charge on any atom is -0.285 e. The number of fused-ring (bicyclic) bond motifs is 2. The summed E-state index contributed by atoms with van der Waals surface area (Å²) in [4.78, 5) is 0. The van der Waals surface area contributed by atoms with Gasteiger partial charge in [0.05, 0.1) is 4.75 Å². The van der Waals surface area contributed by atoms with Gasteiger partial charge in [0.15, 0.2) is 0 Å². The highest BCUT2D eigenvalue weighted by molar-refractivity contribution is 7.87. The van der Waals surface area contributed by atoms with E-state index in [2.05, 4.69) is 0 Å². The zero-order valence-corrected chi connectivity index (χ0v) is 7.10. The van der Waals surface area contributed by atoms with Crippen molar-refractivity contribution in [2.45, 2.75) is 36.9 Å². The molecule has 2 aliphatic carbocycles. The molecule has 2 bridgehead atoms. The van der Waals surface area contributed by atoms with Crippen molar-refractivity contribution >= 4 is 10.1 Å². The fourth-order valence-electron chi connectivity index (χ4n) is 2.50. The summed E-state index contributed by atoms with van der Waals surface area (Å²) in [5.41, 5.74) is 0. The van der Waals surface area contributed by atoms with Crippen LogP contribution in [0.1, 0.15) is 32.1 Å². The van der Waals surface area contributed by atoms with Crippen molar-refractivity contribution in [3.8, 4) is 0 Å². The van der Waals surface area contributed by atoms with Crippen LogP contribution in [0.4, 0.5) is 0 Å². The van der Waals surface area contributed by atoms with Gasteiger partial charge in [-0.2, -0.15) is 8.42 Å². The standard InChI is InChI=1S/C7H12O3S/c8-11(9,10)7-3-1-6(5-7)2-4-7/h6H,1-5H2,(H,8,9,10). The normalized spacial score (nSPS) is 43.2. The molecule has 64 valence electrons. The van der Waals surface area contributed by atoms with E-state index in [1.54, 1.807) is 0 Å². The van der Waals surface area contributed by atoms with Crippen LogP contribution in [0.2, 0.25) is 0 Å². The summed E-state index contributed by atoms with van der Waals surface area (Å²) >= 11 is 0. The SMILES string of the molecule is O=S(=O)(O)C12CCC(CC1)C2. The predicted octanol–water partition coefficient (Wildman–Crippen LogP) is 1.21. The van der Waals surface area contributed by atoms with Crippen LogP contribution in [-0.2, 0) is 10.1 Å². The third-order valence-corrected chi connectivity index (χ3v) is 4.89. The first-order valence-corrected chi connectivity index (χ1v) is 5.45. The van der Waals surface area contributed by atoms with E-state index in [1.165, 1.54) is 0 Å². The lowest BCUT2D eigenvalue weighted by Gasteiger charge is -2.21. The lowest BCUT2D eigenvalue weighted by atomic mass is 10.0. The van der Waals surface area contributed by atoms with Crippen molar-refractivity contribution < 1.29 is 13.0 Å². The van der Waals surface area contributed by atoms with Crippen molar-refractivity contribution in [1.29, 1.82) is 0 Å². The molecule has 4 heteroatoms. The van der Waals surface area contributed by atoms with Crippen LogP contribution >= 0.6 is 0 Å². The number of hydrogen-bond acceptors (Lipinski definition) is 2. The molecule has 0 atom stereocenters. The Morgan fingerprint density at radius 3 is 2.00 bits per heavy atom. The van der Waals surface area contributed by atoms with Gasteiger partial charge in [-0.3, -0.25) is 4.55 Å². The van der Waals surface area contributed by atoms with E-state index in [0.717, 1.165) is 12.8 Å². The van der Waals surface area contributed by atoms with Gasteiger partial charge in [0.1, 0.15) is 0 Å². The average molecular weight is 176 g/mol. The molecule has 11 heavy (non-hydrogen) atoms. The van der Waals surface area contributed by atoms with Gasteiger partial charge in [-0.15, -0.1) is 0 Å². The zero-order valence-electron chi connectivity index (χ0n) is 6.28. The first-order valence-electron chi connectivity index (χ1n) is 4.01. The van der Waals surface area contributed by atoms with E-state index in [0.29, 0.717) is 25.2 Å². The van der Waals surface area contributed by atoms with Gasteiger partial charge in [-0.05, 0) is 38.0 Å². The highest BCUT2D eigenvalue weighted by Gasteiger charge is 2.53. The summed E-state index contributed by atoms with van der Waals surface area (Å²) < 4.78 is 30.2. The van der Waals surface area contributed by atoms with E-state index >= 15 is 0 Å². The molecule has 2 fully saturated rings. The van der Waals surface area contributed by atoms with Crippen molar-refractivity contribution in [2.24, 2.45) is 5.92 Å². The van der Waals surface area contributed by atoms with Crippen molar-refractivity contribution in [3.63, 3.8) is 0 Å². The van der Waals surface area contributed by atoms with Crippen LogP contribution in [0.25, 0.3) is 0 Å². The topological polar surface area (TPSA) is 54.4 Å². The van der Waals surface area contributed by atoms with E-state index in [9.17, 15) is 8.42 Å². The molecule has 0 unspecified atom stereocenters. The second-order valence-electron chi connectivity index (χ2n) is 3.81. The van der Waals surface area contributed by atoms with Gasteiger partial charge in [0.2, 0.25) is 0 Å². The van der Waals surface area contributed by atoms with Crippen molar-refractivity contribution in [3.05, 3.63) is 0 Å². The van der Waals surface area contributed by atoms with E-state index in [1.807, 2.05) is 0 Å². The first-order chi connectivity index (χ1) is 5.04. The summed E-state index contributed by atoms with van der Waals surface area (Å²) in [6, 6.07) is 0. The Morgan fingerprint density at radius 2 is 1.82 bits per heavy atom. The Labute approximate surface area is 66.5 Å². The van der Waals surface area contributed by atoms with Gasteiger partial charge in [0, 0.05) is 0 Å². The van der Waals surface area contributed by atoms with Crippen LogP contribution in [-0.4, -0.2) is 17.7 Å². The Hall–Kier alpha value is -0.0900. The quantitative estimate of drug-likeness (QED) is 0.611. The Balaban J connectivity index is 2.37. The Bertz CT molecular complexity index is 259. The molecule has 0 aliphatic heterocycles. The third kappa shape index (κ3) is 0.924. The second kappa shape index (κ2) is 1.98. The van der Waals surface area contributed by atoms with Crippen LogP contribution in [0, 0.1) is 5.92 Å².